The van der Waals surface area contributed by atoms with E-state index in [0.29, 0.717) is 16.7 Å². The highest BCUT2D eigenvalue weighted by Crippen LogP contribution is 2.67. The molecule has 8 atom stereocenters. The lowest BCUT2D eigenvalue weighted by atomic mass is 9.48. The van der Waals surface area contributed by atoms with Crippen molar-refractivity contribution in [3.8, 4) is 0 Å². The number of aliphatic hydroxyl groups excluding tert-OH is 1. The van der Waals surface area contributed by atoms with Crippen LogP contribution in [0.15, 0.2) is 23.8 Å². The lowest BCUT2D eigenvalue weighted by Gasteiger charge is -2.57. The standard InChI is InChI=1S/C29H48O/c1-6-22(21(3)19-30)11-10-20(2)25-14-15-26-24-13-12-23-9-7-8-17-28(23,4)27(24)16-18-29(25,26)5/h13,20,22-23,25-27,30H,3,6-12,14-19H2,1-2,4-5H3/t20-,22?,23?,25-,26+,27+,28+,29-/m1/s1. The summed E-state index contributed by atoms with van der Waals surface area (Å²) in [6.07, 6.45) is 19.4. The molecule has 0 bridgehead atoms. The lowest BCUT2D eigenvalue weighted by Crippen LogP contribution is -2.48. The van der Waals surface area contributed by atoms with Crippen LogP contribution in [0.4, 0.5) is 0 Å². The second-order valence-electron chi connectivity index (χ2n) is 12.2. The van der Waals surface area contributed by atoms with Gasteiger partial charge in [-0.3, -0.25) is 0 Å². The quantitative estimate of drug-likeness (QED) is 0.421. The van der Waals surface area contributed by atoms with E-state index in [0.717, 1.165) is 41.6 Å². The summed E-state index contributed by atoms with van der Waals surface area (Å²) >= 11 is 0. The van der Waals surface area contributed by atoms with E-state index >= 15 is 0 Å². The first kappa shape index (κ1) is 22.6. The Kier molecular flexibility index (Phi) is 6.61. The van der Waals surface area contributed by atoms with Gasteiger partial charge in [-0.25, -0.2) is 0 Å². The van der Waals surface area contributed by atoms with Crippen LogP contribution < -0.4 is 0 Å². The van der Waals surface area contributed by atoms with Crippen LogP contribution in [0, 0.1) is 46.3 Å². The van der Waals surface area contributed by atoms with E-state index in [1.165, 1.54) is 70.6 Å². The van der Waals surface area contributed by atoms with Crippen molar-refractivity contribution in [2.75, 3.05) is 6.61 Å². The molecule has 4 aliphatic rings. The SMILES string of the molecule is C=C(CO)C(CC)CC[C@@H](C)[C@H]1CC[C@H]2C3=CCC4CCCC[C@]4(C)[C@H]3CC[C@]12C. The molecule has 1 N–H and O–H groups in total. The summed E-state index contributed by atoms with van der Waals surface area (Å²) in [6, 6.07) is 0. The molecule has 0 aromatic heterocycles. The highest BCUT2D eigenvalue weighted by atomic mass is 16.3. The van der Waals surface area contributed by atoms with Crippen molar-refractivity contribution in [1.82, 2.24) is 0 Å². The first-order chi connectivity index (χ1) is 14.3. The molecule has 1 nitrogen and oxygen atoms in total. The van der Waals surface area contributed by atoms with Crippen LogP contribution in [0.3, 0.4) is 0 Å². The van der Waals surface area contributed by atoms with E-state index in [9.17, 15) is 5.11 Å². The van der Waals surface area contributed by atoms with Crippen molar-refractivity contribution in [2.45, 2.75) is 105 Å². The van der Waals surface area contributed by atoms with E-state index in [-0.39, 0.29) is 6.61 Å². The number of hydrogen-bond donors (Lipinski definition) is 1. The van der Waals surface area contributed by atoms with Crippen molar-refractivity contribution < 1.29 is 5.11 Å². The summed E-state index contributed by atoms with van der Waals surface area (Å²) in [5, 5.41) is 9.52. The molecule has 0 heterocycles. The zero-order chi connectivity index (χ0) is 21.5. The van der Waals surface area contributed by atoms with Gasteiger partial charge >= 0.3 is 0 Å². The molecule has 0 aromatic rings. The monoisotopic (exact) mass is 412 g/mol. The fourth-order valence-corrected chi connectivity index (χ4v) is 9.01. The van der Waals surface area contributed by atoms with Gasteiger partial charge in [-0.2, -0.15) is 0 Å². The van der Waals surface area contributed by atoms with E-state index in [4.69, 9.17) is 0 Å². The third-order valence-electron chi connectivity index (χ3n) is 11.0. The second kappa shape index (κ2) is 8.76. The predicted octanol–water partition coefficient (Wildman–Crippen LogP) is 7.95. The minimum absolute atomic E-state index is 0.158. The van der Waals surface area contributed by atoms with Crippen molar-refractivity contribution >= 4 is 0 Å². The first-order valence-electron chi connectivity index (χ1n) is 13.3. The van der Waals surface area contributed by atoms with Crippen LogP contribution in [-0.4, -0.2) is 11.7 Å². The first-order valence-corrected chi connectivity index (χ1v) is 13.3. The third-order valence-corrected chi connectivity index (χ3v) is 11.0. The minimum atomic E-state index is 0.158. The van der Waals surface area contributed by atoms with Crippen LogP contribution >= 0.6 is 0 Å². The number of rotatable bonds is 7. The summed E-state index contributed by atoms with van der Waals surface area (Å²) in [5.41, 5.74) is 4.09. The molecule has 0 saturated heterocycles. The van der Waals surface area contributed by atoms with Crippen LogP contribution in [-0.2, 0) is 0 Å². The molecular formula is C29H48O. The molecule has 0 spiro atoms. The summed E-state index contributed by atoms with van der Waals surface area (Å²) < 4.78 is 0. The molecule has 2 unspecified atom stereocenters. The normalized spacial score (nSPS) is 42.5. The maximum atomic E-state index is 9.52. The summed E-state index contributed by atoms with van der Waals surface area (Å²) in [4.78, 5) is 0. The van der Waals surface area contributed by atoms with E-state index in [1.807, 2.05) is 5.57 Å². The largest absolute Gasteiger partial charge is 0.392 e. The average Bonchev–Trinajstić information content (AvgIpc) is 3.10. The van der Waals surface area contributed by atoms with Crippen molar-refractivity contribution in [3.05, 3.63) is 23.8 Å². The van der Waals surface area contributed by atoms with Gasteiger partial charge in [0.1, 0.15) is 0 Å². The smallest absolute Gasteiger partial charge is 0.0641 e. The molecule has 170 valence electrons. The van der Waals surface area contributed by atoms with Gasteiger partial charge < -0.3 is 5.11 Å². The molecule has 30 heavy (non-hydrogen) atoms. The van der Waals surface area contributed by atoms with Crippen LogP contribution in [0.1, 0.15) is 105 Å². The molecule has 1 heteroatoms. The van der Waals surface area contributed by atoms with Crippen LogP contribution in [0.2, 0.25) is 0 Å². The van der Waals surface area contributed by atoms with E-state index in [1.54, 1.807) is 0 Å². The maximum absolute atomic E-state index is 9.52. The maximum Gasteiger partial charge on any atom is 0.0641 e. The Labute approximate surface area is 186 Å². The van der Waals surface area contributed by atoms with Crippen molar-refractivity contribution in [3.63, 3.8) is 0 Å². The molecule has 4 rings (SSSR count). The third kappa shape index (κ3) is 3.66. The summed E-state index contributed by atoms with van der Waals surface area (Å²) in [7, 11) is 0. The second-order valence-corrected chi connectivity index (χ2v) is 12.2. The Balaban J connectivity index is 1.47. The van der Waals surface area contributed by atoms with Gasteiger partial charge in [-0.05, 0) is 116 Å². The molecule has 3 fully saturated rings. The Hall–Kier alpha value is -0.560. The fourth-order valence-electron chi connectivity index (χ4n) is 9.01. The Morgan fingerprint density at radius 1 is 1.07 bits per heavy atom. The predicted molar refractivity (Wildman–Crippen MR) is 128 cm³/mol. The van der Waals surface area contributed by atoms with Gasteiger partial charge in [0, 0.05) is 0 Å². The molecular weight excluding hydrogens is 364 g/mol. The highest BCUT2D eigenvalue weighted by Gasteiger charge is 2.57. The molecule has 0 aromatic carbocycles. The Morgan fingerprint density at radius 2 is 1.83 bits per heavy atom. The van der Waals surface area contributed by atoms with E-state index < -0.39 is 0 Å². The topological polar surface area (TPSA) is 20.2 Å². The van der Waals surface area contributed by atoms with Crippen molar-refractivity contribution in [2.24, 2.45) is 46.3 Å². The molecule has 0 amide bonds. The average molecular weight is 413 g/mol. The van der Waals surface area contributed by atoms with Gasteiger partial charge in [-0.1, -0.05) is 58.8 Å². The minimum Gasteiger partial charge on any atom is -0.392 e. The summed E-state index contributed by atoms with van der Waals surface area (Å²) in [6.45, 7) is 14.4. The number of aliphatic hydroxyl groups is 1. The van der Waals surface area contributed by atoms with Crippen LogP contribution in [0.25, 0.3) is 0 Å². The molecule has 4 aliphatic carbocycles. The number of allylic oxidation sites excluding steroid dienone is 2. The Morgan fingerprint density at radius 3 is 2.57 bits per heavy atom. The van der Waals surface area contributed by atoms with Crippen molar-refractivity contribution in [1.29, 1.82) is 0 Å². The molecule has 0 aliphatic heterocycles. The molecule has 0 radical (unpaired) electrons. The van der Waals surface area contributed by atoms with Gasteiger partial charge in [0.25, 0.3) is 0 Å². The molecule has 3 saturated carbocycles. The fraction of sp³-hybridized carbons (Fsp3) is 0.862. The Bertz CT molecular complexity index is 661. The van der Waals surface area contributed by atoms with Crippen LogP contribution in [0.5, 0.6) is 0 Å². The highest BCUT2D eigenvalue weighted by molar-refractivity contribution is 5.27. The zero-order valence-electron chi connectivity index (χ0n) is 20.4. The zero-order valence-corrected chi connectivity index (χ0v) is 20.4. The van der Waals surface area contributed by atoms with Gasteiger partial charge in [-0.15, -0.1) is 0 Å². The number of fused-ring (bicyclic) bond motifs is 5. The van der Waals surface area contributed by atoms with Gasteiger partial charge in [0.2, 0.25) is 0 Å². The van der Waals surface area contributed by atoms with Gasteiger partial charge in [0.15, 0.2) is 0 Å². The van der Waals surface area contributed by atoms with E-state index in [2.05, 4.69) is 40.3 Å². The lowest BCUT2D eigenvalue weighted by molar-refractivity contribution is -0.00815. The summed E-state index contributed by atoms with van der Waals surface area (Å²) in [5.74, 6) is 4.88. The number of hydrogen-bond acceptors (Lipinski definition) is 1. The van der Waals surface area contributed by atoms with Gasteiger partial charge in [0.05, 0.1) is 6.61 Å².